The van der Waals surface area contributed by atoms with Crippen LogP contribution >= 0.6 is 11.3 Å². The number of thiophene rings is 1. The molecule has 1 amide bonds. The van der Waals surface area contributed by atoms with E-state index in [1.807, 2.05) is 30.3 Å². The molecule has 1 aromatic heterocycles. The Morgan fingerprint density at radius 2 is 2.15 bits per heavy atom. The quantitative estimate of drug-likeness (QED) is 0.916. The molecule has 1 aromatic carbocycles. The maximum Gasteiger partial charge on any atom is 0.241 e. The second-order valence-electron chi connectivity index (χ2n) is 4.69. The molecule has 3 nitrogen and oxygen atoms in total. The van der Waals surface area contributed by atoms with Crippen LogP contribution < -0.4 is 5.32 Å². The number of amides is 1. The summed E-state index contributed by atoms with van der Waals surface area (Å²) in [5.41, 5.74) is 1.39. The van der Waals surface area contributed by atoms with Crippen LogP contribution in [0.15, 0.2) is 41.1 Å². The number of benzene rings is 1. The van der Waals surface area contributed by atoms with Crippen molar-refractivity contribution in [1.82, 2.24) is 4.90 Å². The highest BCUT2D eigenvalue weighted by atomic mass is 32.1. The highest BCUT2D eigenvalue weighted by Crippen LogP contribution is 2.15. The lowest BCUT2D eigenvalue weighted by Crippen LogP contribution is -2.39. The molecule has 0 radical (unpaired) electrons. The number of anilines is 1. The average Bonchev–Trinajstić information content (AvgIpc) is 2.93. The van der Waals surface area contributed by atoms with Crippen molar-refractivity contribution in [3.63, 3.8) is 0 Å². The Hall–Kier alpha value is -1.72. The van der Waals surface area contributed by atoms with Crippen molar-refractivity contribution in [3.05, 3.63) is 52.5 Å². The lowest BCUT2D eigenvalue weighted by molar-refractivity contribution is -0.120. The predicted molar refractivity (Wildman–Crippen MR) is 80.3 cm³/mol. The highest BCUT2D eigenvalue weighted by molar-refractivity contribution is 7.07. The van der Waals surface area contributed by atoms with E-state index in [1.54, 1.807) is 29.5 Å². The van der Waals surface area contributed by atoms with Gasteiger partial charge in [-0.15, -0.1) is 0 Å². The van der Waals surface area contributed by atoms with E-state index in [9.17, 15) is 9.18 Å². The van der Waals surface area contributed by atoms with Gasteiger partial charge in [0.15, 0.2) is 0 Å². The molecule has 0 unspecified atom stereocenters. The van der Waals surface area contributed by atoms with Crippen LogP contribution in [0.25, 0.3) is 0 Å². The van der Waals surface area contributed by atoms with Gasteiger partial charge in [-0.25, -0.2) is 4.39 Å². The zero-order chi connectivity index (χ0) is 14.5. The third-order valence-corrected chi connectivity index (χ3v) is 3.92. The fraction of sp³-hybridized carbons (Fsp3) is 0.267. The standard InChI is InChI=1S/C15H17FN2OS/c1-11(18(2)9-12-7-8-20-10-12)15(19)17-14-6-4-3-5-13(14)16/h3-8,10-11H,9H2,1-2H3,(H,17,19)/t11-/m1/s1. The number of carbonyl (C=O) groups is 1. The van der Waals surface area contributed by atoms with Gasteiger partial charge >= 0.3 is 0 Å². The normalized spacial score (nSPS) is 12.4. The van der Waals surface area contributed by atoms with Crippen LogP contribution in [0.3, 0.4) is 0 Å². The van der Waals surface area contributed by atoms with Crippen molar-refractivity contribution >= 4 is 22.9 Å². The van der Waals surface area contributed by atoms with Crippen molar-refractivity contribution < 1.29 is 9.18 Å². The first-order valence-corrected chi connectivity index (χ1v) is 7.29. The summed E-state index contributed by atoms with van der Waals surface area (Å²) < 4.78 is 13.5. The fourth-order valence-electron chi connectivity index (χ4n) is 1.81. The summed E-state index contributed by atoms with van der Waals surface area (Å²) in [7, 11) is 1.88. The molecule has 1 heterocycles. The van der Waals surface area contributed by atoms with Crippen LogP contribution in [0.1, 0.15) is 12.5 Å². The molecule has 1 atom stereocenters. The Kier molecular flexibility index (Phi) is 4.87. The average molecular weight is 292 g/mol. The van der Waals surface area contributed by atoms with Crippen LogP contribution in [0, 0.1) is 5.82 Å². The second-order valence-corrected chi connectivity index (χ2v) is 5.47. The van der Waals surface area contributed by atoms with Crippen LogP contribution in [0.2, 0.25) is 0 Å². The van der Waals surface area contributed by atoms with E-state index >= 15 is 0 Å². The van der Waals surface area contributed by atoms with Crippen molar-refractivity contribution in [3.8, 4) is 0 Å². The first-order valence-electron chi connectivity index (χ1n) is 6.34. The van der Waals surface area contributed by atoms with Gasteiger partial charge in [0.25, 0.3) is 0 Å². The zero-order valence-electron chi connectivity index (χ0n) is 11.5. The summed E-state index contributed by atoms with van der Waals surface area (Å²) in [5.74, 6) is -0.638. The number of hydrogen-bond donors (Lipinski definition) is 1. The molecule has 106 valence electrons. The van der Waals surface area contributed by atoms with E-state index in [-0.39, 0.29) is 17.6 Å². The van der Waals surface area contributed by atoms with Gasteiger partial charge in [-0.3, -0.25) is 9.69 Å². The van der Waals surface area contributed by atoms with E-state index in [1.165, 1.54) is 11.6 Å². The number of likely N-dealkylation sites (N-methyl/N-ethyl adjacent to an activating group) is 1. The minimum atomic E-state index is -0.423. The number of para-hydroxylation sites is 1. The molecule has 0 saturated carbocycles. The minimum Gasteiger partial charge on any atom is -0.322 e. The monoisotopic (exact) mass is 292 g/mol. The van der Waals surface area contributed by atoms with Gasteiger partial charge < -0.3 is 5.32 Å². The first-order chi connectivity index (χ1) is 9.58. The molecule has 0 spiro atoms. The number of carbonyl (C=O) groups excluding carboxylic acids is 1. The van der Waals surface area contributed by atoms with Gasteiger partial charge in [-0.1, -0.05) is 12.1 Å². The Labute approximate surface area is 122 Å². The lowest BCUT2D eigenvalue weighted by atomic mass is 10.2. The molecule has 2 rings (SSSR count). The third kappa shape index (κ3) is 3.65. The predicted octanol–water partition coefficient (Wildman–Crippen LogP) is 3.35. The third-order valence-electron chi connectivity index (χ3n) is 3.18. The van der Waals surface area contributed by atoms with Gasteiger partial charge in [-0.05, 0) is 48.5 Å². The number of nitrogens with one attached hydrogen (secondary N) is 1. The summed E-state index contributed by atoms with van der Waals surface area (Å²) in [6.07, 6.45) is 0. The minimum absolute atomic E-state index is 0.215. The molecule has 0 saturated heterocycles. The number of rotatable bonds is 5. The van der Waals surface area contributed by atoms with Crippen molar-refractivity contribution in [1.29, 1.82) is 0 Å². The zero-order valence-corrected chi connectivity index (χ0v) is 12.3. The van der Waals surface area contributed by atoms with E-state index in [4.69, 9.17) is 0 Å². The first kappa shape index (κ1) is 14.7. The van der Waals surface area contributed by atoms with Gasteiger partial charge in [0.1, 0.15) is 5.82 Å². The fourth-order valence-corrected chi connectivity index (χ4v) is 2.47. The van der Waals surface area contributed by atoms with E-state index in [0.29, 0.717) is 6.54 Å². The molecule has 0 bridgehead atoms. The lowest BCUT2D eigenvalue weighted by Gasteiger charge is -2.23. The van der Waals surface area contributed by atoms with Gasteiger partial charge in [-0.2, -0.15) is 11.3 Å². The van der Waals surface area contributed by atoms with Gasteiger partial charge in [0.05, 0.1) is 11.7 Å². The SMILES string of the molecule is C[C@H](C(=O)Nc1ccccc1F)N(C)Cc1ccsc1. The topological polar surface area (TPSA) is 32.3 Å². The van der Waals surface area contributed by atoms with Crippen LogP contribution in [-0.4, -0.2) is 23.9 Å². The number of halogens is 1. The van der Waals surface area contributed by atoms with Crippen molar-refractivity contribution in [2.75, 3.05) is 12.4 Å². The number of nitrogens with zero attached hydrogens (tertiary/aromatic N) is 1. The smallest absolute Gasteiger partial charge is 0.241 e. The Morgan fingerprint density at radius 3 is 2.80 bits per heavy atom. The van der Waals surface area contributed by atoms with Crippen LogP contribution in [0.4, 0.5) is 10.1 Å². The summed E-state index contributed by atoms with van der Waals surface area (Å²) in [6, 6.07) is 7.86. The van der Waals surface area contributed by atoms with Gasteiger partial charge in [0.2, 0.25) is 5.91 Å². The molecule has 0 fully saturated rings. The largest absolute Gasteiger partial charge is 0.322 e. The Bertz CT molecular complexity index is 571. The van der Waals surface area contributed by atoms with Crippen LogP contribution in [-0.2, 0) is 11.3 Å². The summed E-state index contributed by atoms with van der Waals surface area (Å²) in [4.78, 5) is 14.0. The maximum absolute atomic E-state index is 13.5. The molecule has 0 aliphatic rings. The van der Waals surface area contributed by atoms with Crippen LogP contribution in [0.5, 0.6) is 0 Å². The van der Waals surface area contributed by atoms with Gasteiger partial charge in [0, 0.05) is 6.54 Å². The number of hydrogen-bond acceptors (Lipinski definition) is 3. The Balaban J connectivity index is 1.96. The van der Waals surface area contributed by atoms with Crippen molar-refractivity contribution in [2.24, 2.45) is 0 Å². The van der Waals surface area contributed by atoms with E-state index in [0.717, 1.165) is 0 Å². The second kappa shape index (κ2) is 6.63. The molecule has 0 aliphatic heterocycles. The highest BCUT2D eigenvalue weighted by Gasteiger charge is 2.19. The maximum atomic E-state index is 13.5. The summed E-state index contributed by atoms with van der Waals surface area (Å²) in [6.45, 7) is 2.50. The Morgan fingerprint density at radius 1 is 1.40 bits per heavy atom. The molecule has 1 N–H and O–H groups in total. The molecular formula is C15H17FN2OS. The molecule has 0 aliphatic carbocycles. The molecule has 5 heteroatoms. The van der Waals surface area contributed by atoms with E-state index < -0.39 is 5.82 Å². The molecular weight excluding hydrogens is 275 g/mol. The molecule has 2 aromatic rings. The van der Waals surface area contributed by atoms with E-state index in [2.05, 4.69) is 10.7 Å². The molecule has 20 heavy (non-hydrogen) atoms. The summed E-state index contributed by atoms with van der Waals surface area (Å²) >= 11 is 1.63. The summed E-state index contributed by atoms with van der Waals surface area (Å²) in [5, 5.41) is 6.68. The van der Waals surface area contributed by atoms with Crippen molar-refractivity contribution in [2.45, 2.75) is 19.5 Å².